The average molecular weight is 378 g/mol. The van der Waals surface area contributed by atoms with Crippen LogP contribution in [0, 0.1) is 0 Å². The first kappa shape index (κ1) is 17.7. The normalized spacial score (nSPS) is 14.5. The molecule has 1 aliphatic rings. The number of amides is 1. The topological polar surface area (TPSA) is 117 Å². The van der Waals surface area contributed by atoms with Crippen molar-refractivity contribution in [1.29, 1.82) is 0 Å². The van der Waals surface area contributed by atoms with Gasteiger partial charge in [0.15, 0.2) is 0 Å². The summed E-state index contributed by atoms with van der Waals surface area (Å²) in [4.78, 5) is 44.9. The lowest BCUT2D eigenvalue weighted by Gasteiger charge is -2.24. The van der Waals surface area contributed by atoms with E-state index < -0.39 is 11.2 Å². The molecule has 1 aromatic carbocycles. The molecule has 0 saturated carbocycles. The Kier molecular flexibility index (Phi) is 4.52. The molecule has 1 atom stereocenters. The molecule has 0 fully saturated rings. The van der Waals surface area contributed by atoms with E-state index in [0.29, 0.717) is 35.4 Å². The van der Waals surface area contributed by atoms with Crippen LogP contribution in [-0.4, -0.2) is 27.4 Å². The van der Waals surface area contributed by atoms with Gasteiger partial charge in [-0.25, -0.2) is 4.79 Å². The number of hydrogen-bond donors (Lipinski definition) is 3. The largest absolute Gasteiger partial charge is 0.440 e. The van der Waals surface area contributed by atoms with Crippen LogP contribution in [0.25, 0.3) is 0 Å². The van der Waals surface area contributed by atoms with E-state index in [1.165, 1.54) is 0 Å². The van der Waals surface area contributed by atoms with Crippen molar-refractivity contribution >= 4 is 5.91 Å². The Balaban J connectivity index is 1.53. The molecule has 1 unspecified atom stereocenters. The Morgan fingerprint density at radius 1 is 1.25 bits per heavy atom. The van der Waals surface area contributed by atoms with Gasteiger partial charge in [-0.3, -0.25) is 24.5 Å². The Hall–Kier alpha value is -3.68. The minimum absolute atomic E-state index is 0.141. The second-order valence-corrected chi connectivity index (χ2v) is 6.59. The van der Waals surface area contributed by atoms with Gasteiger partial charge in [0.2, 0.25) is 5.88 Å². The summed E-state index contributed by atoms with van der Waals surface area (Å²) >= 11 is 0. The highest BCUT2D eigenvalue weighted by atomic mass is 16.5. The van der Waals surface area contributed by atoms with E-state index >= 15 is 0 Å². The van der Waals surface area contributed by atoms with E-state index in [1.807, 2.05) is 19.1 Å². The van der Waals surface area contributed by atoms with Crippen LogP contribution in [0.4, 0.5) is 0 Å². The van der Waals surface area contributed by atoms with Crippen molar-refractivity contribution in [3.05, 3.63) is 85.8 Å². The molecule has 2 aromatic heterocycles. The van der Waals surface area contributed by atoms with Crippen molar-refractivity contribution in [3.63, 3.8) is 0 Å². The van der Waals surface area contributed by atoms with E-state index in [9.17, 15) is 14.4 Å². The molecule has 1 amide bonds. The monoisotopic (exact) mass is 378 g/mol. The molecule has 3 heterocycles. The molecule has 3 aromatic rings. The van der Waals surface area contributed by atoms with Crippen molar-refractivity contribution in [2.45, 2.75) is 19.3 Å². The van der Waals surface area contributed by atoms with Gasteiger partial charge in [-0.05, 0) is 36.2 Å². The SMILES string of the molecule is CC1c2cc(C(=O)NCCc3cccnc3)ccc2Oc2[nH]c(=O)[nH]c(=O)c21. The van der Waals surface area contributed by atoms with Crippen LogP contribution in [0.15, 0.2) is 52.3 Å². The first-order valence-electron chi connectivity index (χ1n) is 8.88. The maximum Gasteiger partial charge on any atom is 0.328 e. The highest BCUT2D eigenvalue weighted by Gasteiger charge is 2.28. The van der Waals surface area contributed by atoms with E-state index in [0.717, 1.165) is 5.56 Å². The Morgan fingerprint density at radius 3 is 2.89 bits per heavy atom. The zero-order chi connectivity index (χ0) is 19.7. The number of fused-ring (bicyclic) bond motifs is 2. The highest BCUT2D eigenvalue weighted by molar-refractivity contribution is 5.94. The Labute approximate surface area is 159 Å². The van der Waals surface area contributed by atoms with Gasteiger partial charge in [-0.2, -0.15) is 0 Å². The number of hydrogen-bond acceptors (Lipinski definition) is 5. The van der Waals surface area contributed by atoms with Gasteiger partial charge in [-0.15, -0.1) is 0 Å². The molecule has 1 aliphatic heterocycles. The molecule has 8 heteroatoms. The van der Waals surface area contributed by atoms with Crippen molar-refractivity contribution in [1.82, 2.24) is 20.3 Å². The fourth-order valence-corrected chi connectivity index (χ4v) is 3.30. The number of pyridine rings is 1. The van der Waals surface area contributed by atoms with Crippen LogP contribution in [0.2, 0.25) is 0 Å². The summed E-state index contributed by atoms with van der Waals surface area (Å²) in [6.07, 6.45) is 4.15. The third-order valence-corrected chi connectivity index (χ3v) is 4.75. The van der Waals surface area contributed by atoms with E-state index in [-0.39, 0.29) is 17.7 Å². The van der Waals surface area contributed by atoms with Crippen molar-refractivity contribution in [2.24, 2.45) is 0 Å². The van der Waals surface area contributed by atoms with E-state index in [4.69, 9.17) is 4.74 Å². The van der Waals surface area contributed by atoms with E-state index in [1.54, 1.807) is 30.6 Å². The van der Waals surface area contributed by atoms with Crippen molar-refractivity contribution < 1.29 is 9.53 Å². The number of nitrogens with zero attached hydrogens (tertiary/aromatic N) is 1. The summed E-state index contributed by atoms with van der Waals surface area (Å²) < 4.78 is 5.67. The average Bonchev–Trinajstić information content (AvgIpc) is 2.68. The zero-order valence-electron chi connectivity index (χ0n) is 15.1. The Morgan fingerprint density at radius 2 is 2.11 bits per heavy atom. The molecule has 28 heavy (non-hydrogen) atoms. The zero-order valence-corrected chi connectivity index (χ0v) is 15.1. The molecule has 0 saturated heterocycles. The number of nitrogens with one attached hydrogen (secondary N) is 3. The van der Waals surface area contributed by atoms with Crippen LogP contribution in [-0.2, 0) is 6.42 Å². The molecule has 142 valence electrons. The summed E-state index contributed by atoms with van der Waals surface area (Å²) in [5.74, 6) is 0.109. The third-order valence-electron chi connectivity index (χ3n) is 4.75. The molecule has 0 radical (unpaired) electrons. The number of benzene rings is 1. The summed E-state index contributed by atoms with van der Waals surface area (Å²) in [5, 5.41) is 2.88. The van der Waals surface area contributed by atoms with Gasteiger partial charge >= 0.3 is 5.69 Å². The van der Waals surface area contributed by atoms with Crippen LogP contribution in [0.5, 0.6) is 11.6 Å². The van der Waals surface area contributed by atoms with Crippen LogP contribution in [0.1, 0.15) is 39.9 Å². The lowest BCUT2D eigenvalue weighted by molar-refractivity contribution is 0.0954. The van der Waals surface area contributed by atoms with Crippen LogP contribution < -0.4 is 21.3 Å². The number of carbonyl (C=O) groups excluding carboxylic acids is 1. The van der Waals surface area contributed by atoms with Gasteiger partial charge in [0.25, 0.3) is 11.5 Å². The smallest absolute Gasteiger partial charge is 0.328 e. The number of carbonyl (C=O) groups is 1. The second kappa shape index (κ2) is 7.15. The van der Waals surface area contributed by atoms with Crippen LogP contribution >= 0.6 is 0 Å². The highest BCUT2D eigenvalue weighted by Crippen LogP contribution is 2.40. The molecule has 0 spiro atoms. The molecule has 4 rings (SSSR count). The maximum absolute atomic E-state index is 12.5. The molecule has 3 N–H and O–H groups in total. The minimum atomic E-state index is -0.621. The van der Waals surface area contributed by atoms with Gasteiger partial charge in [0.05, 0.1) is 5.56 Å². The number of aromatic nitrogens is 3. The standard InChI is InChI=1S/C20H18N4O4/c1-11-14-9-13(17(25)22-8-6-12-3-2-7-21-10-12)4-5-15(14)28-19-16(11)18(26)23-20(27)24-19/h2-5,7,9-11H,6,8H2,1H3,(H,22,25)(H2,23,24,26,27). The second-order valence-electron chi connectivity index (χ2n) is 6.59. The summed E-state index contributed by atoms with van der Waals surface area (Å²) in [6, 6.07) is 8.85. The lowest BCUT2D eigenvalue weighted by Crippen LogP contribution is -2.30. The molecular formula is C20H18N4O4. The van der Waals surface area contributed by atoms with Gasteiger partial charge in [0, 0.05) is 36.0 Å². The minimum Gasteiger partial charge on any atom is -0.440 e. The molecule has 8 nitrogen and oxygen atoms in total. The first-order chi connectivity index (χ1) is 13.5. The van der Waals surface area contributed by atoms with Gasteiger partial charge in [0.1, 0.15) is 5.75 Å². The predicted molar refractivity (Wildman–Crippen MR) is 102 cm³/mol. The molecule has 0 bridgehead atoms. The maximum atomic E-state index is 12.5. The molecule has 0 aliphatic carbocycles. The first-order valence-corrected chi connectivity index (χ1v) is 8.88. The van der Waals surface area contributed by atoms with Crippen molar-refractivity contribution in [3.8, 4) is 11.6 Å². The number of H-pyrrole nitrogens is 2. The number of rotatable bonds is 4. The predicted octanol–water partition coefficient (Wildman–Crippen LogP) is 1.69. The van der Waals surface area contributed by atoms with Crippen molar-refractivity contribution in [2.75, 3.05) is 6.54 Å². The fraction of sp³-hybridized carbons (Fsp3) is 0.200. The quantitative estimate of drug-likeness (QED) is 0.639. The number of ether oxygens (including phenoxy) is 1. The third kappa shape index (κ3) is 3.32. The summed E-state index contributed by atoms with van der Waals surface area (Å²) in [7, 11) is 0. The lowest BCUT2D eigenvalue weighted by atomic mass is 9.90. The summed E-state index contributed by atoms with van der Waals surface area (Å²) in [5.41, 5.74) is 1.45. The van der Waals surface area contributed by atoms with Gasteiger partial charge in [-0.1, -0.05) is 13.0 Å². The Bertz CT molecular complexity index is 1150. The van der Waals surface area contributed by atoms with E-state index in [2.05, 4.69) is 20.3 Å². The van der Waals surface area contributed by atoms with Crippen LogP contribution in [0.3, 0.4) is 0 Å². The molecular weight excluding hydrogens is 360 g/mol. The van der Waals surface area contributed by atoms with Gasteiger partial charge < -0.3 is 10.1 Å². The summed E-state index contributed by atoms with van der Waals surface area (Å²) in [6.45, 7) is 2.31. The number of aromatic amines is 2. The fourth-order valence-electron chi connectivity index (χ4n) is 3.30.